The molecule has 0 unspecified atom stereocenters. The van der Waals surface area contributed by atoms with Gasteiger partial charge in [0, 0.05) is 24.0 Å². The summed E-state index contributed by atoms with van der Waals surface area (Å²) in [6, 6.07) is 7.58. The van der Waals surface area contributed by atoms with E-state index >= 15 is 0 Å². The summed E-state index contributed by atoms with van der Waals surface area (Å²) in [4.78, 5) is 21.2. The molecule has 0 saturated heterocycles. The fraction of sp³-hybridized carbons (Fsp3) is 0.167. The number of hydrogen-bond donors (Lipinski definition) is 0. The molecule has 1 aliphatic carbocycles. The van der Waals surface area contributed by atoms with E-state index in [1.807, 2.05) is 36.1 Å². The van der Waals surface area contributed by atoms with Crippen molar-refractivity contribution in [3.8, 4) is 0 Å². The van der Waals surface area contributed by atoms with Gasteiger partial charge < -0.3 is 0 Å². The Bertz CT molecular complexity index is 473. The fourth-order valence-corrected chi connectivity index (χ4v) is 1.73. The summed E-state index contributed by atoms with van der Waals surface area (Å²) < 4.78 is 0. The summed E-state index contributed by atoms with van der Waals surface area (Å²) in [5.41, 5.74) is 3.12. The first kappa shape index (κ1) is 8.71. The Morgan fingerprint density at radius 3 is 2.50 bits per heavy atom. The molecule has 2 rings (SSSR count). The minimum absolute atomic E-state index is 0.393. The SMILES string of the molecule is O=C=C1CC(=C=O)c2ccccc2C1. The molecule has 0 atom stereocenters. The van der Waals surface area contributed by atoms with E-state index in [4.69, 9.17) is 0 Å². The standard InChI is InChI=1S/C12H8O2/c13-7-9-5-10-3-1-2-4-12(10)11(6-9)8-14/h1-4H,5-6H2. The van der Waals surface area contributed by atoms with Crippen LogP contribution in [0.25, 0.3) is 5.57 Å². The van der Waals surface area contributed by atoms with Crippen molar-refractivity contribution >= 4 is 17.5 Å². The van der Waals surface area contributed by atoms with Gasteiger partial charge in [-0.2, -0.15) is 0 Å². The number of benzene rings is 1. The van der Waals surface area contributed by atoms with E-state index in [2.05, 4.69) is 0 Å². The highest BCUT2D eigenvalue weighted by Gasteiger charge is 2.18. The third-order valence-corrected chi connectivity index (χ3v) is 2.40. The van der Waals surface area contributed by atoms with Crippen molar-refractivity contribution in [1.82, 2.24) is 0 Å². The van der Waals surface area contributed by atoms with Crippen LogP contribution < -0.4 is 0 Å². The van der Waals surface area contributed by atoms with Crippen LogP contribution >= 0.6 is 0 Å². The Balaban J connectivity index is 2.62. The van der Waals surface area contributed by atoms with Crippen molar-refractivity contribution in [2.45, 2.75) is 12.8 Å². The van der Waals surface area contributed by atoms with Gasteiger partial charge in [-0.3, -0.25) is 0 Å². The van der Waals surface area contributed by atoms with Gasteiger partial charge in [-0.25, -0.2) is 9.59 Å². The monoisotopic (exact) mass is 184 g/mol. The molecule has 0 N–H and O–H groups in total. The second-order valence-electron chi connectivity index (χ2n) is 3.30. The third kappa shape index (κ3) is 1.33. The Morgan fingerprint density at radius 1 is 1.00 bits per heavy atom. The largest absolute Gasteiger partial charge is 0.234 e. The van der Waals surface area contributed by atoms with E-state index < -0.39 is 0 Å². The summed E-state index contributed by atoms with van der Waals surface area (Å²) >= 11 is 0. The Kier molecular flexibility index (Phi) is 2.16. The predicted octanol–water partition coefficient (Wildman–Crippen LogP) is 1.61. The van der Waals surface area contributed by atoms with Crippen LogP contribution in [0.5, 0.6) is 0 Å². The van der Waals surface area contributed by atoms with E-state index in [-0.39, 0.29) is 0 Å². The molecule has 0 saturated carbocycles. The number of carbonyl (C=O) groups excluding carboxylic acids is 2. The zero-order valence-electron chi connectivity index (χ0n) is 7.54. The van der Waals surface area contributed by atoms with Gasteiger partial charge in [-0.05, 0) is 11.1 Å². The lowest BCUT2D eigenvalue weighted by Gasteiger charge is -2.16. The smallest absolute Gasteiger partial charge is 0.128 e. The molecule has 2 heteroatoms. The Hall–Kier alpha value is -1.88. The van der Waals surface area contributed by atoms with Crippen LogP contribution in [0.2, 0.25) is 0 Å². The van der Waals surface area contributed by atoms with Gasteiger partial charge in [-0.15, -0.1) is 0 Å². The zero-order chi connectivity index (χ0) is 9.97. The number of fused-ring (bicyclic) bond motifs is 1. The van der Waals surface area contributed by atoms with Gasteiger partial charge in [0.25, 0.3) is 0 Å². The molecule has 0 aliphatic heterocycles. The highest BCUT2D eigenvalue weighted by Crippen LogP contribution is 2.30. The van der Waals surface area contributed by atoms with E-state index in [1.165, 1.54) is 0 Å². The normalized spacial score (nSPS) is 14.3. The van der Waals surface area contributed by atoms with Crippen LogP contribution in [-0.4, -0.2) is 11.9 Å². The van der Waals surface area contributed by atoms with Crippen LogP contribution in [-0.2, 0) is 16.0 Å². The summed E-state index contributed by atoms with van der Waals surface area (Å²) in [5.74, 6) is 3.77. The van der Waals surface area contributed by atoms with Crippen LogP contribution in [0.3, 0.4) is 0 Å². The maximum atomic E-state index is 10.7. The summed E-state index contributed by atoms with van der Waals surface area (Å²) in [6.45, 7) is 0. The first-order valence-electron chi connectivity index (χ1n) is 4.40. The molecule has 0 bridgehead atoms. The van der Waals surface area contributed by atoms with Gasteiger partial charge in [0.15, 0.2) is 0 Å². The molecule has 14 heavy (non-hydrogen) atoms. The second kappa shape index (κ2) is 3.47. The van der Waals surface area contributed by atoms with Gasteiger partial charge in [0.2, 0.25) is 0 Å². The molecule has 1 aliphatic rings. The zero-order valence-corrected chi connectivity index (χ0v) is 7.54. The van der Waals surface area contributed by atoms with Crippen LogP contribution in [0.4, 0.5) is 0 Å². The predicted molar refractivity (Wildman–Crippen MR) is 53.1 cm³/mol. The van der Waals surface area contributed by atoms with Gasteiger partial charge >= 0.3 is 0 Å². The molecular weight excluding hydrogens is 176 g/mol. The van der Waals surface area contributed by atoms with Gasteiger partial charge in [-0.1, -0.05) is 24.3 Å². The van der Waals surface area contributed by atoms with Crippen molar-refractivity contribution in [1.29, 1.82) is 0 Å². The van der Waals surface area contributed by atoms with Crippen LogP contribution in [0.15, 0.2) is 29.8 Å². The molecule has 0 fully saturated rings. The molecule has 68 valence electrons. The van der Waals surface area contributed by atoms with E-state index in [9.17, 15) is 9.59 Å². The maximum absolute atomic E-state index is 10.7. The third-order valence-electron chi connectivity index (χ3n) is 2.40. The fourth-order valence-electron chi connectivity index (χ4n) is 1.73. The van der Waals surface area contributed by atoms with Crippen molar-refractivity contribution < 1.29 is 9.59 Å². The minimum Gasteiger partial charge on any atom is -0.234 e. The first-order valence-corrected chi connectivity index (χ1v) is 4.40. The minimum atomic E-state index is 0.393. The molecule has 0 heterocycles. The Morgan fingerprint density at radius 2 is 1.79 bits per heavy atom. The van der Waals surface area contributed by atoms with Gasteiger partial charge in [0.05, 0.1) is 0 Å². The van der Waals surface area contributed by atoms with Crippen molar-refractivity contribution in [3.63, 3.8) is 0 Å². The summed E-state index contributed by atoms with van der Waals surface area (Å²) in [7, 11) is 0. The lowest BCUT2D eigenvalue weighted by molar-refractivity contribution is 0.565. The number of allylic oxidation sites excluding steroid dienone is 2. The van der Waals surface area contributed by atoms with E-state index in [1.54, 1.807) is 0 Å². The average Bonchev–Trinajstić information content (AvgIpc) is 2.27. The molecule has 0 spiro atoms. The van der Waals surface area contributed by atoms with Crippen LogP contribution in [0.1, 0.15) is 17.5 Å². The quantitative estimate of drug-likeness (QED) is 0.574. The Labute approximate surface area is 81.6 Å². The first-order chi connectivity index (χ1) is 6.85. The summed E-state index contributed by atoms with van der Waals surface area (Å²) in [6.07, 6.45) is 0.995. The summed E-state index contributed by atoms with van der Waals surface area (Å²) in [5, 5.41) is 0. The maximum Gasteiger partial charge on any atom is 0.128 e. The van der Waals surface area contributed by atoms with Crippen molar-refractivity contribution in [3.05, 3.63) is 41.0 Å². The van der Waals surface area contributed by atoms with Crippen LogP contribution in [0, 0.1) is 0 Å². The lowest BCUT2D eigenvalue weighted by Crippen LogP contribution is -2.05. The molecule has 0 amide bonds. The van der Waals surface area contributed by atoms with Gasteiger partial charge in [0.1, 0.15) is 11.9 Å². The number of hydrogen-bond acceptors (Lipinski definition) is 2. The topological polar surface area (TPSA) is 34.1 Å². The molecule has 1 aromatic rings. The highest BCUT2D eigenvalue weighted by molar-refractivity contribution is 5.92. The number of rotatable bonds is 0. The molecular formula is C12H8O2. The van der Waals surface area contributed by atoms with Crippen molar-refractivity contribution in [2.75, 3.05) is 0 Å². The van der Waals surface area contributed by atoms with E-state index in [0.29, 0.717) is 24.0 Å². The van der Waals surface area contributed by atoms with Crippen molar-refractivity contribution in [2.24, 2.45) is 0 Å². The molecule has 1 aromatic carbocycles. The molecule has 0 aromatic heterocycles. The molecule has 2 nitrogen and oxygen atoms in total. The molecule has 0 radical (unpaired) electrons. The van der Waals surface area contributed by atoms with E-state index in [0.717, 1.165) is 11.1 Å². The highest BCUT2D eigenvalue weighted by atomic mass is 16.1. The average molecular weight is 184 g/mol. The lowest BCUT2D eigenvalue weighted by atomic mass is 9.85. The second-order valence-corrected chi connectivity index (χ2v) is 3.30.